The molecule has 0 radical (unpaired) electrons. The van der Waals surface area contributed by atoms with Crippen LogP contribution in [0.25, 0.3) is 0 Å². The van der Waals surface area contributed by atoms with Gasteiger partial charge in [-0.25, -0.2) is 0 Å². The predicted molar refractivity (Wildman–Crippen MR) is 83.2 cm³/mol. The third-order valence-electron chi connectivity index (χ3n) is 2.93. The van der Waals surface area contributed by atoms with Gasteiger partial charge in [0.2, 0.25) is 0 Å². The highest BCUT2D eigenvalue weighted by Crippen LogP contribution is 2.13. The van der Waals surface area contributed by atoms with Gasteiger partial charge in [-0.3, -0.25) is 4.79 Å². The Labute approximate surface area is 126 Å². The summed E-state index contributed by atoms with van der Waals surface area (Å²) in [7, 11) is 1.75. The first-order valence-electron chi connectivity index (χ1n) is 7.03. The molecule has 114 valence electrons. The van der Waals surface area contributed by atoms with Crippen molar-refractivity contribution >= 4 is 5.91 Å². The molecule has 0 aliphatic heterocycles. The number of aliphatic hydroxyl groups is 1. The molecule has 4 nitrogen and oxygen atoms in total. The molecule has 0 spiro atoms. The Morgan fingerprint density at radius 3 is 2.76 bits per heavy atom. The minimum absolute atomic E-state index is 0.0930. The molecule has 21 heavy (non-hydrogen) atoms. The van der Waals surface area contributed by atoms with E-state index >= 15 is 0 Å². The molecule has 0 unspecified atom stereocenters. The van der Waals surface area contributed by atoms with Crippen molar-refractivity contribution in [2.75, 3.05) is 26.8 Å². The number of amides is 1. The molecule has 0 aromatic heterocycles. The first-order chi connectivity index (χ1) is 9.95. The number of carbonyl (C=O) groups is 1. The predicted octanol–water partition coefficient (Wildman–Crippen LogP) is 1.84. The van der Waals surface area contributed by atoms with E-state index in [2.05, 4.69) is 11.8 Å². The minimum atomic E-state index is -0.223. The van der Waals surface area contributed by atoms with Gasteiger partial charge in [-0.05, 0) is 38.5 Å². The van der Waals surface area contributed by atoms with Crippen molar-refractivity contribution < 1.29 is 14.6 Å². The zero-order valence-electron chi connectivity index (χ0n) is 13.1. The Hall–Kier alpha value is -1.83. The lowest BCUT2D eigenvalue weighted by Gasteiger charge is -2.19. The Kier molecular flexibility index (Phi) is 6.93. The number of rotatable bonds is 5. The monoisotopic (exact) mass is 289 g/mol. The SMILES string of the molecule is Cc1ccc(C(=O)N(C)CCOC(C)C)c(C#CCO)c1. The number of aryl methyl sites for hydroxylation is 1. The Morgan fingerprint density at radius 2 is 2.14 bits per heavy atom. The molecule has 1 N–H and O–H groups in total. The van der Waals surface area contributed by atoms with E-state index in [1.54, 1.807) is 18.0 Å². The zero-order chi connectivity index (χ0) is 15.8. The van der Waals surface area contributed by atoms with Gasteiger partial charge in [-0.2, -0.15) is 0 Å². The summed E-state index contributed by atoms with van der Waals surface area (Å²) in [4.78, 5) is 14.1. The number of ether oxygens (including phenoxy) is 1. The van der Waals surface area contributed by atoms with Crippen LogP contribution in [0.15, 0.2) is 18.2 Å². The van der Waals surface area contributed by atoms with E-state index in [4.69, 9.17) is 9.84 Å². The van der Waals surface area contributed by atoms with Crippen LogP contribution in [-0.4, -0.2) is 48.8 Å². The first-order valence-corrected chi connectivity index (χ1v) is 7.03. The Morgan fingerprint density at radius 1 is 1.43 bits per heavy atom. The maximum Gasteiger partial charge on any atom is 0.254 e. The van der Waals surface area contributed by atoms with Crippen molar-refractivity contribution in [3.05, 3.63) is 34.9 Å². The van der Waals surface area contributed by atoms with E-state index in [0.717, 1.165) is 5.56 Å². The van der Waals surface area contributed by atoms with Crippen LogP contribution in [0, 0.1) is 18.8 Å². The van der Waals surface area contributed by atoms with Gasteiger partial charge < -0.3 is 14.7 Å². The van der Waals surface area contributed by atoms with Crippen molar-refractivity contribution in [3.63, 3.8) is 0 Å². The van der Waals surface area contributed by atoms with Crippen LogP contribution in [0.2, 0.25) is 0 Å². The number of aliphatic hydroxyl groups excluding tert-OH is 1. The molecule has 0 fully saturated rings. The van der Waals surface area contributed by atoms with Gasteiger partial charge in [-0.15, -0.1) is 0 Å². The van der Waals surface area contributed by atoms with E-state index in [0.29, 0.717) is 24.3 Å². The van der Waals surface area contributed by atoms with Crippen molar-refractivity contribution in [1.29, 1.82) is 0 Å². The largest absolute Gasteiger partial charge is 0.384 e. The van der Waals surface area contributed by atoms with Crippen LogP contribution in [-0.2, 0) is 4.74 Å². The molecule has 1 aromatic rings. The number of likely N-dealkylation sites (N-methyl/N-ethyl adjacent to an activating group) is 1. The van der Waals surface area contributed by atoms with Crippen molar-refractivity contribution in [2.45, 2.75) is 26.9 Å². The van der Waals surface area contributed by atoms with Gasteiger partial charge in [0.25, 0.3) is 5.91 Å². The highest BCUT2D eigenvalue weighted by molar-refractivity contribution is 5.96. The number of nitrogens with zero attached hydrogens (tertiary/aromatic N) is 1. The van der Waals surface area contributed by atoms with Gasteiger partial charge in [0, 0.05) is 19.2 Å². The second-order valence-electron chi connectivity index (χ2n) is 5.16. The summed E-state index contributed by atoms with van der Waals surface area (Å²) in [5.41, 5.74) is 2.22. The zero-order valence-corrected chi connectivity index (χ0v) is 13.1. The molecule has 0 atom stereocenters. The summed E-state index contributed by atoms with van der Waals surface area (Å²) in [6.07, 6.45) is 0.152. The van der Waals surface area contributed by atoms with Crippen LogP contribution in [0.5, 0.6) is 0 Å². The molecule has 1 rings (SSSR count). The minimum Gasteiger partial charge on any atom is -0.384 e. The lowest BCUT2D eigenvalue weighted by molar-refractivity contribution is 0.0532. The molecular formula is C17H23NO3. The molecule has 0 saturated carbocycles. The number of hydrogen-bond acceptors (Lipinski definition) is 3. The molecule has 0 saturated heterocycles. The third kappa shape index (κ3) is 5.58. The standard InChI is InChI=1S/C17H23NO3/c1-13(2)21-11-9-18(4)17(20)16-8-7-14(3)12-15(16)6-5-10-19/h7-8,12-13,19H,9-11H2,1-4H3. The fourth-order valence-electron chi connectivity index (χ4n) is 1.82. The highest BCUT2D eigenvalue weighted by atomic mass is 16.5. The van der Waals surface area contributed by atoms with Crippen molar-refractivity contribution in [1.82, 2.24) is 4.90 Å². The average molecular weight is 289 g/mol. The van der Waals surface area contributed by atoms with Gasteiger partial charge in [0.05, 0.1) is 18.3 Å². The van der Waals surface area contributed by atoms with Gasteiger partial charge in [0.15, 0.2) is 0 Å². The lowest BCUT2D eigenvalue weighted by Crippen LogP contribution is -2.31. The maximum absolute atomic E-state index is 12.5. The molecule has 4 heteroatoms. The van der Waals surface area contributed by atoms with E-state index < -0.39 is 0 Å². The van der Waals surface area contributed by atoms with Crippen LogP contribution in [0.1, 0.15) is 35.3 Å². The van der Waals surface area contributed by atoms with Crippen LogP contribution in [0.4, 0.5) is 0 Å². The molecule has 0 heterocycles. The van der Waals surface area contributed by atoms with Crippen LogP contribution < -0.4 is 0 Å². The quantitative estimate of drug-likeness (QED) is 0.841. The first kappa shape index (κ1) is 17.2. The Bertz CT molecular complexity index is 541. The smallest absolute Gasteiger partial charge is 0.254 e. The number of benzene rings is 1. The molecular weight excluding hydrogens is 266 g/mol. The summed E-state index contributed by atoms with van der Waals surface area (Å²) in [6, 6.07) is 5.52. The fraction of sp³-hybridized carbons (Fsp3) is 0.471. The second kappa shape index (κ2) is 8.46. The summed E-state index contributed by atoms with van der Waals surface area (Å²) in [6.45, 7) is 6.67. The summed E-state index contributed by atoms with van der Waals surface area (Å²) in [5, 5.41) is 8.82. The van der Waals surface area contributed by atoms with Crippen molar-refractivity contribution in [2.24, 2.45) is 0 Å². The van der Waals surface area contributed by atoms with Gasteiger partial charge >= 0.3 is 0 Å². The van der Waals surface area contributed by atoms with Gasteiger partial charge in [-0.1, -0.05) is 17.9 Å². The second-order valence-corrected chi connectivity index (χ2v) is 5.16. The highest BCUT2D eigenvalue weighted by Gasteiger charge is 2.15. The molecule has 0 aliphatic carbocycles. The summed E-state index contributed by atoms with van der Waals surface area (Å²) >= 11 is 0. The van der Waals surface area contributed by atoms with E-state index in [-0.39, 0.29) is 18.6 Å². The molecule has 0 aliphatic rings. The van der Waals surface area contributed by atoms with E-state index in [1.165, 1.54) is 0 Å². The molecule has 1 aromatic carbocycles. The lowest BCUT2D eigenvalue weighted by atomic mass is 10.0. The summed E-state index contributed by atoms with van der Waals surface area (Å²) in [5.74, 6) is 5.34. The van der Waals surface area contributed by atoms with Crippen molar-refractivity contribution in [3.8, 4) is 11.8 Å². The topological polar surface area (TPSA) is 49.8 Å². The normalized spacial score (nSPS) is 10.2. The molecule has 1 amide bonds. The molecule has 0 bridgehead atoms. The van der Waals surface area contributed by atoms with E-state index in [9.17, 15) is 4.79 Å². The van der Waals surface area contributed by atoms with Crippen LogP contribution >= 0.6 is 0 Å². The van der Waals surface area contributed by atoms with Gasteiger partial charge in [0.1, 0.15) is 6.61 Å². The Balaban J connectivity index is 2.85. The fourth-order valence-corrected chi connectivity index (χ4v) is 1.82. The maximum atomic E-state index is 12.5. The van der Waals surface area contributed by atoms with Crippen LogP contribution in [0.3, 0.4) is 0 Å². The number of carbonyl (C=O) groups excluding carboxylic acids is 1. The number of hydrogen-bond donors (Lipinski definition) is 1. The average Bonchev–Trinajstić information content (AvgIpc) is 2.44. The van der Waals surface area contributed by atoms with E-state index in [1.807, 2.05) is 32.9 Å². The third-order valence-corrected chi connectivity index (χ3v) is 2.93. The summed E-state index contributed by atoms with van der Waals surface area (Å²) < 4.78 is 5.46.